The first-order chi connectivity index (χ1) is 20.9. The predicted molar refractivity (Wildman–Crippen MR) is 162 cm³/mol. The molecule has 0 saturated carbocycles. The second-order valence-corrected chi connectivity index (χ2v) is 12.3. The lowest BCUT2D eigenvalue weighted by molar-refractivity contribution is -0.276. The molecule has 1 heterocycles. The van der Waals surface area contributed by atoms with Crippen molar-refractivity contribution in [3.63, 3.8) is 0 Å². The Labute approximate surface area is 253 Å². The molecule has 226 valence electrons. The third-order valence-electron chi connectivity index (χ3n) is 7.25. The molecule has 43 heavy (non-hydrogen) atoms. The first kappa shape index (κ1) is 31.0. The monoisotopic (exact) mass is 603 g/mol. The van der Waals surface area contributed by atoms with Crippen LogP contribution in [0.15, 0.2) is 120 Å². The molecule has 4 aromatic rings. The van der Waals surface area contributed by atoms with E-state index in [0.717, 1.165) is 22.3 Å². The van der Waals surface area contributed by atoms with Crippen LogP contribution in [-0.4, -0.2) is 50.8 Å². The molecule has 1 fully saturated rings. The highest BCUT2D eigenvalue weighted by atomic mass is 32.2. The number of aryl methyl sites for hydroxylation is 1. The van der Waals surface area contributed by atoms with E-state index in [-0.39, 0.29) is 24.7 Å². The fourth-order valence-electron chi connectivity index (χ4n) is 4.94. The van der Waals surface area contributed by atoms with Crippen LogP contribution in [0, 0.1) is 6.92 Å². The van der Waals surface area contributed by atoms with Crippen molar-refractivity contribution >= 4 is 10.0 Å². The summed E-state index contributed by atoms with van der Waals surface area (Å²) in [6.45, 7) is 2.70. The topological polar surface area (TPSA) is 103 Å². The smallest absolute Gasteiger partial charge is 0.241 e. The van der Waals surface area contributed by atoms with Gasteiger partial charge in [-0.25, -0.2) is 13.1 Å². The van der Waals surface area contributed by atoms with Gasteiger partial charge >= 0.3 is 0 Å². The Balaban J connectivity index is 1.42. The van der Waals surface area contributed by atoms with Crippen LogP contribution in [0.25, 0.3) is 0 Å². The maximum atomic E-state index is 13.5. The van der Waals surface area contributed by atoms with E-state index >= 15 is 0 Å². The summed E-state index contributed by atoms with van der Waals surface area (Å²) in [6, 6.07) is 34.2. The predicted octanol–water partition coefficient (Wildman–Crippen LogP) is 4.75. The average molecular weight is 604 g/mol. The van der Waals surface area contributed by atoms with E-state index in [2.05, 4.69) is 4.72 Å². The molecular weight excluding hydrogens is 566 g/mol. The molecule has 5 atom stereocenters. The molecule has 5 rings (SSSR count). The van der Waals surface area contributed by atoms with Crippen LogP contribution in [0.4, 0.5) is 0 Å². The lowest BCUT2D eigenvalue weighted by Crippen LogP contribution is -2.65. The van der Waals surface area contributed by atoms with Gasteiger partial charge < -0.3 is 24.1 Å². The van der Waals surface area contributed by atoms with Crippen molar-refractivity contribution in [1.29, 1.82) is 0 Å². The normalized spacial score (nSPS) is 22.3. The first-order valence-corrected chi connectivity index (χ1v) is 15.7. The van der Waals surface area contributed by atoms with Gasteiger partial charge in [-0.2, -0.15) is 0 Å². The molecule has 0 bridgehead atoms. The van der Waals surface area contributed by atoms with Gasteiger partial charge in [-0.1, -0.05) is 109 Å². The summed E-state index contributed by atoms with van der Waals surface area (Å²) in [4.78, 5) is 0.0715. The zero-order valence-corrected chi connectivity index (χ0v) is 24.8. The molecule has 1 aliphatic rings. The van der Waals surface area contributed by atoms with Crippen molar-refractivity contribution < 1.29 is 32.5 Å². The highest BCUT2D eigenvalue weighted by Gasteiger charge is 2.48. The highest BCUT2D eigenvalue weighted by molar-refractivity contribution is 7.89. The number of hydrogen-bond donors (Lipinski definition) is 2. The minimum Gasteiger partial charge on any atom is -0.374 e. The Morgan fingerprint density at radius 3 is 1.72 bits per heavy atom. The lowest BCUT2D eigenvalue weighted by Gasteiger charge is -2.44. The highest BCUT2D eigenvalue weighted by Crippen LogP contribution is 2.29. The lowest BCUT2D eigenvalue weighted by atomic mass is 9.97. The molecule has 1 aliphatic heterocycles. The quantitative estimate of drug-likeness (QED) is 0.227. The van der Waals surface area contributed by atoms with E-state index in [1.165, 1.54) is 12.1 Å². The standard InChI is InChI=1S/C34H37NO7S/c1-25-17-19-29(20-18-25)43(37,38)35-31-33(41-23-28-15-9-4-10-16-28)32(40-22-27-13-7-3-8-14-27)30(42-34(31)36)24-39-21-26-11-5-2-6-12-26/h2-20,30-36H,21-24H2,1H3. The second-order valence-electron chi connectivity index (χ2n) is 10.5. The van der Waals surface area contributed by atoms with Gasteiger partial charge in [0.1, 0.15) is 24.4 Å². The summed E-state index contributed by atoms with van der Waals surface area (Å²) in [5.41, 5.74) is 3.73. The number of hydrogen-bond acceptors (Lipinski definition) is 7. The molecule has 0 spiro atoms. The molecule has 2 N–H and O–H groups in total. The number of nitrogens with one attached hydrogen (secondary N) is 1. The molecule has 4 aromatic carbocycles. The molecular formula is C34H37NO7S. The minimum absolute atomic E-state index is 0.0715. The molecule has 0 aliphatic carbocycles. The molecule has 9 heteroatoms. The third kappa shape index (κ3) is 8.58. The third-order valence-corrected chi connectivity index (χ3v) is 8.73. The van der Waals surface area contributed by atoms with Crippen LogP contribution in [-0.2, 0) is 48.8 Å². The van der Waals surface area contributed by atoms with Crippen LogP contribution in [0.2, 0.25) is 0 Å². The summed E-state index contributed by atoms with van der Waals surface area (Å²) in [7, 11) is -4.04. The molecule has 1 saturated heterocycles. The van der Waals surface area contributed by atoms with Crippen molar-refractivity contribution in [3.05, 3.63) is 138 Å². The van der Waals surface area contributed by atoms with Gasteiger partial charge in [-0.05, 0) is 35.7 Å². The van der Waals surface area contributed by atoms with Gasteiger partial charge in [-0.15, -0.1) is 0 Å². The fourth-order valence-corrected chi connectivity index (χ4v) is 6.18. The van der Waals surface area contributed by atoms with Crippen molar-refractivity contribution in [2.45, 2.75) is 62.3 Å². The molecule has 8 nitrogen and oxygen atoms in total. The zero-order chi connectivity index (χ0) is 30.1. The van der Waals surface area contributed by atoms with Crippen molar-refractivity contribution in [2.75, 3.05) is 6.61 Å². The summed E-state index contributed by atoms with van der Waals surface area (Å²) < 4.78 is 54.5. The van der Waals surface area contributed by atoms with Gasteiger partial charge in [0, 0.05) is 0 Å². The summed E-state index contributed by atoms with van der Waals surface area (Å²) in [5.74, 6) is 0. The molecule has 0 amide bonds. The van der Waals surface area contributed by atoms with E-state index in [1.807, 2.05) is 97.9 Å². The van der Waals surface area contributed by atoms with Crippen LogP contribution < -0.4 is 4.72 Å². The Hall–Kier alpha value is -3.41. The van der Waals surface area contributed by atoms with Crippen molar-refractivity contribution in [1.82, 2.24) is 4.72 Å². The number of aliphatic hydroxyl groups excluding tert-OH is 1. The van der Waals surface area contributed by atoms with Gasteiger partial charge in [0.15, 0.2) is 6.29 Å². The maximum Gasteiger partial charge on any atom is 0.241 e. The Bertz CT molecular complexity index is 1500. The van der Waals surface area contributed by atoms with E-state index in [0.29, 0.717) is 6.61 Å². The molecule has 0 radical (unpaired) electrons. The van der Waals surface area contributed by atoms with Crippen LogP contribution in [0.1, 0.15) is 22.3 Å². The maximum absolute atomic E-state index is 13.5. The van der Waals surface area contributed by atoms with E-state index < -0.39 is 40.7 Å². The number of aliphatic hydroxyl groups is 1. The van der Waals surface area contributed by atoms with E-state index in [4.69, 9.17) is 18.9 Å². The first-order valence-electron chi connectivity index (χ1n) is 14.2. The van der Waals surface area contributed by atoms with Crippen LogP contribution in [0.5, 0.6) is 0 Å². The summed E-state index contributed by atoms with van der Waals surface area (Å²) >= 11 is 0. The number of rotatable bonds is 13. The van der Waals surface area contributed by atoms with Gasteiger partial charge in [-0.3, -0.25) is 0 Å². The van der Waals surface area contributed by atoms with Gasteiger partial charge in [0.25, 0.3) is 0 Å². The average Bonchev–Trinajstić information content (AvgIpc) is 3.02. The number of ether oxygens (including phenoxy) is 4. The number of benzene rings is 4. The van der Waals surface area contributed by atoms with Crippen LogP contribution in [0.3, 0.4) is 0 Å². The fraction of sp³-hybridized carbons (Fsp3) is 0.294. The minimum atomic E-state index is -4.04. The van der Waals surface area contributed by atoms with E-state index in [9.17, 15) is 13.5 Å². The largest absolute Gasteiger partial charge is 0.374 e. The Kier molecular flexibility index (Phi) is 10.7. The number of sulfonamides is 1. The second kappa shape index (κ2) is 14.9. The van der Waals surface area contributed by atoms with Crippen LogP contribution >= 0.6 is 0 Å². The Morgan fingerprint density at radius 1 is 0.698 bits per heavy atom. The van der Waals surface area contributed by atoms with Gasteiger partial charge in [0.05, 0.1) is 31.3 Å². The summed E-state index contributed by atoms with van der Waals surface area (Å²) in [5, 5.41) is 11.2. The van der Waals surface area contributed by atoms with E-state index in [1.54, 1.807) is 12.1 Å². The van der Waals surface area contributed by atoms with Crippen molar-refractivity contribution in [2.24, 2.45) is 0 Å². The Morgan fingerprint density at radius 2 is 1.19 bits per heavy atom. The summed E-state index contributed by atoms with van der Waals surface area (Å²) in [6.07, 6.45) is -3.97. The zero-order valence-electron chi connectivity index (χ0n) is 24.0. The molecule has 5 unspecified atom stereocenters. The van der Waals surface area contributed by atoms with Gasteiger partial charge in [0.2, 0.25) is 10.0 Å². The SMILES string of the molecule is Cc1ccc(S(=O)(=O)NC2C(O)OC(COCc3ccccc3)C(OCc3ccccc3)C2OCc2ccccc2)cc1. The molecule has 0 aromatic heterocycles. The van der Waals surface area contributed by atoms with Crippen molar-refractivity contribution in [3.8, 4) is 0 Å².